The molecule has 2 aromatic rings. The molecule has 0 radical (unpaired) electrons. The maximum Gasteiger partial charge on any atom is 0.232 e. The highest BCUT2D eigenvalue weighted by Crippen LogP contribution is 2.31. The molecule has 5 nitrogen and oxygen atoms in total. The minimum Gasteiger partial charge on any atom is -0.326 e. The van der Waals surface area contributed by atoms with Gasteiger partial charge in [0.15, 0.2) is 0 Å². The minimum atomic E-state index is -3.29. The minimum absolute atomic E-state index is 0.0900. The van der Waals surface area contributed by atoms with Gasteiger partial charge in [-0.3, -0.25) is 9.10 Å². The van der Waals surface area contributed by atoms with Crippen LogP contribution in [0.3, 0.4) is 0 Å². The van der Waals surface area contributed by atoms with E-state index in [0.717, 1.165) is 24.0 Å². The number of anilines is 2. The predicted octanol–water partition coefficient (Wildman–Crippen LogP) is 3.50. The van der Waals surface area contributed by atoms with E-state index >= 15 is 0 Å². The Hall–Kier alpha value is -2.41. The first-order valence-corrected chi connectivity index (χ1v) is 10.8. The molecule has 27 heavy (non-hydrogen) atoms. The molecule has 0 aliphatic carbocycles. The highest BCUT2D eigenvalue weighted by Gasteiger charge is 2.24. The Bertz CT molecular complexity index is 927. The molecule has 1 aliphatic heterocycles. The molecule has 0 fully saturated rings. The Kier molecular flexibility index (Phi) is 5.79. The maximum absolute atomic E-state index is 12.9. The zero-order valence-corrected chi connectivity index (χ0v) is 16.1. The van der Waals surface area contributed by atoms with Gasteiger partial charge in [-0.15, -0.1) is 0 Å². The Morgan fingerprint density at radius 2 is 1.93 bits per heavy atom. The van der Waals surface area contributed by atoms with Gasteiger partial charge in [0.1, 0.15) is 5.82 Å². The van der Waals surface area contributed by atoms with Crippen molar-refractivity contribution < 1.29 is 17.6 Å². The van der Waals surface area contributed by atoms with E-state index in [4.69, 9.17) is 0 Å². The first kappa shape index (κ1) is 19.4. The van der Waals surface area contributed by atoms with Crippen LogP contribution in [0.5, 0.6) is 0 Å². The predicted molar refractivity (Wildman–Crippen MR) is 105 cm³/mol. The Balaban J connectivity index is 1.57. The number of carbonyl (C=O) groups excluding carboxylic acids is 1. The van der Waals surface area contributed by atoms with Crippen molar-refractivity contribution in [1.82, 2.24) is 0 Å². The van der Waals surface area contributed by atoms with Gasteiger partial charge < -0.3 is 5.32 Å². The van der Waals surface area contributed by atoms with E-state index in [1.54, 1.807) is 24.3 Å². The van der Waals surface area contributed by atoms with E-state index in [2.05, 4.69) is 5.32 Å². The lowest BCUT2D eigenvalue weighted by Crippen LogP contribution is -2.34. The average Bonchev–Trinajstić information content (AvgIpc) is 2.62. The molecule has 0 unspecified atom stereocenters. The van der Waals surface area contributed by atoms with Crippen molar-refractivity contribution in [2.24, 2.45) is 0 Å². The summed E-state index contributed by atoms with van der Waals surface area (Å²) in [6, 6.07) is 11.6. The monoisotopic (exact) mass is 390 g/mol. The van der Waals surface area contributed by atoms with Crippen LogP contribution in [0.1, 0.15) is 30.4 Å². The summed E-state index contributed by atoms with van der Waals surface area (Å²) in [7, 11) is -3.29. The molecule has 2 aromatic carbocycles. The number of carbonyl (C=O) groups is 1. The van der Waals surface area contributed by atoms with Crippen molar-refractivity contribution in [2.45, 2.75) is 32.1 Å². The summed E-state index contributed by atoms with van der Waals surface area (Å²) < 4.78 is 38.1. The van der Waals surface area contributed by atoms with Crippen molar-refractivity contribution in [1.29, 1.82) is 0 Å². The topological polar surface area (TPSA) is 66.5 Å². The normalized spacial score (nSPS) is 13.9. The van der Waals surface area contributed by atoms with E-state index in [0.29, 0.717) is 37.2 Å². The molecule has 1 aliphatic rings. The number of nitrogens with zero attached hydrogens (tertiary/aromatic N) is 1. The summed E-state index contributed by atoms with van der Waals surface area (Å²) in [5.41, 5.74) is 3.29. The standard InChI is InChI=1S/C20H23FN2O3S/c1-27(25,26)23-13-3-5-16-14-18(11-12-19(16)23)22-20(24)6-2-4-15-7-9-17(21)10-8-15/h7-12,14H,2-6,13H2,1H3,(H,22,24). The summed E-state index contributed by atoms with van der Waals surface area (Å²) in [5.74, 6) is -0.355. The molecule has 0 spiro atoms. The molecule has 144 valence electrons. The number of halogens is 1. The zero-order valence-electron chi connectivity index (χ0n) is 15.2. The average molecular weight is 390 g/mol. The number of hydrogen-bond donors (Lipinski definition) is 1. The number of hydrogen-bond acceptors (Lipinski definition) is 3. The number of fused-ring (bicyclic) bond motifs is 1. The van der Waals surface area contributed by atoms with Crippen LogP contribution in [-0.4, -0.2) is 27.1 Å². The van der Waals surface area contributed by atoms with Gasteiger partial charge in [0.2, 0.25) is 15.9 Å². The van der Waals surface area contributed by atoms with Crippen LogP contribution < -0.4 is 9.62 Å². The van der Waals surface area contributed by atoms with Gasteiger partial charge in [0, 0.05) is 18.7 Å². The van der Waals surface area contributed by atoms with Crippen molar-refractivity contribution in [3.63, 3.8) is 0 Å². The fourth-order valence-electron chi connectivity index (χ4n) is 3.31. The van der Waals surface area contributed by atoms with E-state index in [-0.39, 0.29) is 11.7 Å². The van der Waals surface area contributed by atoms with Gasteiger partial charge in [-0.25, -0.2) is 12.8 Å². The fraction of sp³-hybridized carbons (Fsp3) is 0.350. The molecule has 0 bridgehead atoms. The number of nitrogens with one attached hydrogen (secondary N) is 1. The SMILES string of the molecule is CS(=O)(=O)N1CCCc2cc(NC(=O)CCCc3ccc(F)cc3)ccc21. The molecule has 0 atom stereocenters. The van der Waals surface area contributed by atoms with Crippen LogP contribution in [0.2, 0.25) is 0 Å². The second-order valence-electron chi connectivity index (χ2n) is 6.81. The van der Waals surface area contributed by atoms with Crippen LogP contribution in [0, 0.1) is 5.82 Å². The number of amides is 1. The number of benzene rings is 2. The highest BCUT2D eigenvalue weighted by atomic mass is 32.2. The van der Waals surface area contributed by atoms with E-state index in [9.17, 15) is 17.6 Å². The summed E-state index contributed by atoms with van der Waals surface area (Å²) in [6.07, 6.45) is 4.50. The second-order valence-corrected chi connectivity index (χ2v) is 8.72. The summed E-state index contributed by atoms with van der Waals surface area (Å²) in [6.45, 7) is 0.487. The van der Waals surface area contributed by atoms with Gasteiger partial charge in [0.05, 0.1) is 11.9 Å². The van der Waals surface area contributed by atoms with Crippen molar-refractivity contribution in [3.05, 3.63) is 59.4 Å². The lowest BCUT2D eigenvalue weighted by Gasteiger charge is -2.29. The van der Waals surface area contributed by atoms with Crippen LogP contribution in [0.4, 0.5) is 15.8 Å². The first-order valence-electron chi connectivity index (χ1n) is 8.98. The van der Waals surface area contributed by atoms with Crippen molar-refractivity contribution in [3.8, 4) is 0 Å². The largest absolute Gasteiger partial charge is 0.326 e. The van der Waals surface area contributed by atoms with Crippen molar-refractivity contribution in [2.75, 3.05) is 22.4 Å². The van der Waals surface area contributed by atoms with Crippen LogP contribution >= 0.6 is 0 Å². The summed E-state index contributed by atoms with van der Waals surface area (Å²) in [4.78, 5) is 12.2. The summed E-state index contributed by atoms with van der Waals surface area (Å²) in [5, 5.41) is 2.87. The third kappa shape index (κ3) is 5.07. The third-order valence-electron chi connectivity index (χ3n) is 4.62. The lowest BCUT2D eigenvalue weighted by molar-refractivity contribution is -0.116. The smallest absolute Gasteiger partial charge is 0.232 e. The molecular weight excluding hydrogens is 367 g/mol. The van der Waals surface area contributed by atoms with E-state index in [1.165, 1.54) is 22.7 Å². The Morgan fingerprint density at radius 1 is 1.19 bits per heavy atom. The molecule has 0 aromatic heterocycles. The van der Waals surface area contributed by atoms with Crippen molar-refractivity contribution >= 4 is 27.3 Å². The number of rotatable bonds is 6. The van der Waals surface area contributed by atoms with Gasteiger partial charge in [-0.1, -0.05) is 12.1 Å². The molecule has 1 heterocycles. The molecule has 0 saturated heterocycles. The lowest BCUT2D eigenvalue weighted by atomic mass is 10.0. The second kappa shape index (κ2) is 8.08. The number of sulfonamides is 1. The van der Waals surface area contributed by atoms with Crippen LogP contribution in [-0.2, 0) is 27.7 Å². The number of aryl methyl sites for hydroxylation is 2. The van der Waals surface area contributed by atoms with Gasteiger partial charge in [-0.05, 0) is 67.1 Å². The highest BCUT2D eigenvalue weighted by molar-refractivity contribution is 7.92. The zero-order chi connectivity index (χ0) is 19.4. The van der Waals surface area contributed by atoms with Crippen LogP contribution in [0.15, 0.2) is 42.5 Å². The third-order valence-corrected chi connectivity index (χ3v) is 5.80. The van der Waals surface area contributed by atoms with Gasteiger partial charge in [0.25, 0.3) is 0 Å². The van der Waals surface area contributed by atoms with E-state index in [1.807, 2.05) is 6.07 Å². The molecule has 7 heteroatoms. The van der Waals surface area contributed by atoms with Crippen LogP contribution in [0.25, 0.3) is 0 Å². The molecule has 0 saturated carbocycles. The Labute approximate surface area is 159 Å². The summed E-state index contributed by atoms with van der Waals surface area (Å²) >= 11 is 0. The molecule has 1 N–H and O–H groups in total. The van der Waals surface area contributed by atoms with Gasteiger partial charge >= 0.3 is 0 Å². The molecule has 3 rings (SSSR count). The Morgan fingerprint density at radius 3 is 2.63 bits per heavy atom. The maximum atomic E-state index is 12.9. The van der Waals surface area contributed by atoms with E-state index < -0.39 is 10.0 Å². The molecular formula is C20H23FN2O3S. The fourth-order valence-corrected chi connectivity index (χ4v) is 4.31. The quantitative estimate of drug-likeness (QED) is 0.821. The first-order chi connectivity index (χ1) is 12.8. The van der Waals surface area contributed by atoms with Gasteiger partial charge in [-0.2, -0.15) is 0 Å². The molecule has 1 amide bonds.